The maximum atomic E-state index is 2.33. The smallest absolute Gasteiger partial charge is 0.0243 e. The molecule has 4 aromatic carbocycles. The molecule has 0 amide bonds. The van der Waals surface area contributed by atoms with Gasteiger partial charge in [0, 0.05) is 10.3 Å². The summed E-state index contributed by atoms with van der Waals surface area (Å²) in [6, 6.07) is 42.4. The van der Waals surface area contributed by atoms with Gasteiger partial charge in [-0.05, 0) is 50.2 Å². The van der Waals surface area contributed by atoms with Gasteiger partial charge in [-0.1, -0.05) is 109 Å². The van der Waals surface area contributed by atoms with Gasteiger partial charge in [-0.15, -0.1) is 0 Å². The predicted molar refractivity (Wildman–Crippen MR) is 129 cm³/mol. The van der Waals surface area contributed by atoms with E-state index < -0.39 is 6.89 Å². The Kier molecular flexibility index (Phi) is 4.88. The lowest BCUT2D eigenvalue weighted by Crippen LogP contribution is -2.29. The van der Waals surface area contributed by atoms with Crippen molar-refractivity contribution in [3.63, 3.8) is 0 Å². The predicted octanol–water partition coefficient (Wildman–Crippen LogP) is 5.61. The van der Waals surface area contributed by atoms with Crippen molar-refractivity contribution in [3.05, 3.63) is 121 Å². The first-order valence-corrected chi connectivity index (χ1v) is 13.6. The van der Waals surface area contributed by atoms with Crippen LogP contribution in [0.4, 0.5) is 0 Å². The zero-order valence-corrected chi connectivity index (χ0v) is 18.0. The second kappa shape index (κ2) is 7.66. The minimum Gasteiger partial charge on any atom is -0.0622 e. The molecular weight excluding hydrogens is 393 g/mol. The Morgan fingerprint density at radius 1 is 0.429 bits per heavy atom. The lowest BCUT2D eigenvalue weighted by Gasteiger charge is -2.31. The molecule has 0 radical (unpaired) electrons. The van der Waals surface area contributed by atoms with E-state index in [1.54, 1.807) is 5.03 Å². The minimum absolute atomic E-state index is 1.39. The molecular formula is C25H19P3. The van der Waals surface area contributed by atoms with Gasteiger partial charge in [0.05, 0.1) is 0 Å². The van der Waals surface area contributed by atoms with Crippen LogP contribution < -0.4 is 21.2 Å². The van der Waals surface area contributed by atoms with Crippen molar-refractivity contribution in [3.8, 4) is 0 Å². The summed E-state index contributed by atoms with van der Waals surface area (Å²) in [4.78, 5) is 0. The van der Waals surface area contributed by atoms with Crippen LogP contribution >= 0.6 is 22.6 Å². The Labute approximate surface area is 169 Å². The Bertz CT molecular complexity index is 1090. The molecule has 28 heavy (non-hydrogen) atoms. The van der Waals surface area contributed by atoms with Crippen LogP contribution in [0, 0.1) is 0 Å². The molecule has 0 aromatic heterocycles. The van der Waals surface area contributed by atoms with Crippen LogP contribution in [-0.2, 0) is 0 Å². The first kappa shape index (κ1) is 17.8. The highest BCUT2D eigenvalue weighted by molar-refractivity contribution is 8.12. The van der Waals surface area contributed by atoms with Gasteiger partial charge >= 0.3 is 0 Å². The molecule has 0 unspecified atom stereocenters. The van der Waals surface area contributed by atoms with Gasteiger partial charge in [-0.25, -0.2) is 0 Å². The van der Waals surface area contributed by atoms with Crippen LogP contribution in [0.3, 0.4) is 0 Å². The summed E-state index contributed by atoms with van der Waals surface area (Å²) in [6.45, 7) is -1.94. The number of fused-ring (bicyclic) bond motifs is 1. The molecule has 0 fully saturated rings. The van der Waals surface area contributed by atoms with E-state index in [9.17, 15) is 0 Å². The topological polar surface area (TPSA) is 0 Å². The number of benzene rings is 4. The van der Waals surface area contributed by atoms with Crippen molar-refractivity contribution < 1.29 is 0 Å². The third-order valence-electron chi connectivity index (χ3n) is 5.15. The van der Waals surface area contributed by atoms with E-state index in [0.29, 0.717) is 0 Å². The fourth-order valence-corrected chi connectivity index (χ4v) is 13.7. The molecule has 0 atom stereocenters. The van der Waals surface area contributed by atoms with Crippen molar-refractivity contribution >= 4 is 48.9 Å². The van der Waals surface area contributed by atoms with E-state index in [1.165, 1.54) is 42.5 Å². The molecule has 0 nitrogen and oxygen atoms in total. The first-order chi connectivity index (χ1) is 13.9. The average Bonchev–Trinajstić information content (AvgIpc) is 3.21. The normalized spacial score (nSPS) is 13.9. The van der Waals surface area contributed by atoms with E-state index in [2.05, 4.69) is 115 Å². The Balaban J connectivity index is 2.02. The molecule has 0 bridgehead atoms. The summed E-state index contributed by atoms with van der Waals surface area (Å²) in [5, 5.41) is 7.32. The molecule has 0 saturated carbocycles. The highest BCUT2D eigenvalue weighted by Crippen LogP contribution is 2.53. The summed E-state index contributed by atoms with van der Waals surface area (Å²) in [7, 11) is 2.79. The maximum Gasteiger partial charge on any atom is 0.0243 e. The van der Waals surface area contributed by atoms with E-state index in [-0.39, 0.29) is 0 Å². The fourth-order valence-electron chi connectivity index (χ4n) is 3.92. The second-order valence-electron chi connectivity index (χ2n) is 6.72. The molecule has 4 aromatic rings. The van der Waals surface area contributed by atoms with E-state index in [1.807, 2.05) is 0 Å². The molecule has 1 aliphatic rings. The van der Waals surface area contributed by atoms with Crippen LogP contribution in [0.25, 0.3) is 0 Å². The Morgan fingerprint density at radius 3 is 1.36 bits per heavy atom. The molecule has 1 aliphatic heterocycles. The Hall–Kier alpha value is -2.22. The largest absolute Gasteiger partial charge is 0.0622 e. The molecule has 0 N–H and O–H groups in total. The van der Waals surface area contributed by atoms with Crippen LogP contribution in [0.5, 0.6) is 0 Å². The van der Waals surface area contributed by atoms with Crippen molar-refractivity contribution in [2.24, 2.45) is 0 Å². The quantitative estimate of drug-likeness (QED) is 0.384. The molecule has 5 rings (SSSR count). The average molecular weight is 412 g/mol. The zero-order chi connectivity index (χ0) is 18.8. The molecule has 3 heteroatoms. The second-order valence-corrected chi connectivity index (χ2v) is 12.9. The summed E-state index contributed by atoms with van der Waals surface area (Å²) >= 11 is 0. The van der Waals surface area contributed by atoms with Crippen LogP contribution in [0.15, 0.2) is 115 Å². The van der Waals surface area contributed by atoms with E-state index in [4.69, 9.17) is 0 Å². The van der Waals surface area contributed by atoms with Gasteiger partial charge in [0.2, 0.25) is 0 Å². The third kappa shape index (κ3) is 2.85. The van der Waals surface area contributed by atoms with Crippen molar-refractivity contribution in [2.75, 3.05) is 0 Å². The molecule has 0 spiro atoms. The standard InChI is InChI=1S/C25H19P3/c1-4-12-20(13-5-1)28(21-14-6-2-7-15-21,22-16-8-3-9-17-22)25-23-18-10-11-19-24(23)26-27-25/h1-19H. The highest BCUT2D eigenvalue weighted by atomic mass is 31.7. The molecule has 0 saturated heterocycles. The SMILES string of the molecule is c1ccc(P(=C2P=Pc3ccccc32)(c2ccccc2)c2ccccc2)cc1. The lowest BCUT2D eigenvalue weighted by molar-refractivity contribution is 1.73. The zero-order valence-electron chi connectivity index (χ0n) is 15.3. The van der Waals surface area contributed by atoms with Crippen molar-refractivity contribution in [1.29, 1.82) is 0 Å². The van der Waals surface area contributed by atoms with Gasteiger partial charge in [-0.3, -0.25) is 0 Å². The van der Waals surface area contributed by atoms with Gasteiger partial charge in [0.15, 0.2) is 0 Å². The van der Waals surface area contributed by atoms with Gasteiger partial charge in [0.1, 0.15) is 0 Å². The van der Waals surface area contributed by atoms with Crippen LogP contribution in [0.1, 0.15) is 5.56 Å². The van der Waals surface area contributed by atoms with Crippen molar-refractivity contribution in [1.82, 2.24) is 0 Å². The Morgan fingerprint density at radius 2 is 0.857 bits per heavy atom. The fraction of sp³-hybridized carbons (Fsp3) is 0. The molecule has 0 aliphatic carbocycles. The van der Waals surface area contributed by atoms with E-state index >= 15 is 0 Å². The summed E-state index contributed by atoms with van der Waals surface area (Å²) in [5.74, 6) is 0. The number of hydrogen-bond donors (Lipinski definition) is 0. The van der Waals surface area contributed by atoms with Gasteiger partial charge in [-0.2, -0.15) is 0 Å². The minimum atomic E-state index is -1.94. The van der Waals surface area contributed by atoms with Gasteiger partial charge < -0.3 is 0 Å². The number of hydrogen-bond acceptors (Lipinski definition) is 0. The molecule has 1 heterocycles. The monoisotopic (exact) mass is 412 g/mol. The number of rotatable bonds is 3. The summed E-state index contributed by atoms with van der Waals surface area (Å²) in [6.07, 6.45) is 0. The highest BCUT2D eigenvalue weighted by Gasteiger charge is 2.32. The van der Waals surface area contributed by atoms with Gasteiger partial charge in [0.25, 0.3) is 0 Å². The summed E-state index contributed by atoms with van der Waals surface area (Å²) < 4.78 is 0. The third-order valence-corrected chi connectivity index (χ3v) is 13.6. The van der Waals surface area contributed by atoms with Crippen LogP contribution in [-0.4, -0.2) is 5.03 Å². The lowest BCUT2D eigenvalue weighted by atomic mass is 10.2. The summed E-state index contributed by atoms with van der Waals surface area (Å²) in [5.41, 5.74) is 1.44. The van der Waals surface area contributed by atoms with E-state index in [0.717, 1.165) is 0 Å². The first-order valence-electron chi connectivity index (χ1n) is 9.35. The molecule has 134 valence electrons. The maximum absolute atomic E-state index is 2.33. The van der Waals surface area contributed by atoms with Crippen LogP contribution in [0.2, 0.25) is 0 Å². The van der Waals surface area contributed by atoms with Crippen molar-refractivity contribution in [2.45, 2.75) is 0 Å².